The predicted octanol–water partition coefficient (Wildman–Crippen LogP) is 0.934. The number of nitrogens with one attached hydrogen (secondary N) is 1. The Morgan fingerprint density at radius 3 is 2.38 bits per heavy atom. The van der Waals surface area contributed by atoms with Crippen molar-refractivity contribution in [3.05, 3.63) is 36.2 Å². The summed E-state index contributed by atoms with van der Waals surface area (Å²) in [5.74, 6) is -4.62. The second-order valence-electron chi connectivity index (χ2n) is 6.01. The van der Waals surface area contributed by atoms with E-state index in [1.54, 1.807) is 6.08 Å². The lowest BCUT2D eigenvalue weighted by atomic mass is 9.82. The Morgan fingerprint density at radius 1 is 1.21 bits per heavy atom. The minimum atomic E-state index is -4.05. The highest BCUT2D eigenvalue weighted by Gasteiger charge is 2.51. The van der Waals surface area contributed by atoms with E-state index < -0.39 is 44.4 Å². The van der Waals surface area contributed by atoms with E-state index in [1.165, 1.54) is 0 Å². The number of carbonyl (C=O) groups is 2. The quantitative estimate of drug-likeness (QED) is 0.694. The zero-order valence-electron chi connectivity index (χ0n) is 12.3. The Labute approximate surface area is 137 Å². The molecule has 0 unspecified atom stereocenters. The Hall–Kier alpha value is -2.26. The van der Waals surface area contributed by atoms with E-state index in [9.17, 15) is 27.5 Å². The summed E-state index contributed by atoms with van der Waals surface area (Å²) in [5.41, 5.74) is -0.219. The summed E-state index contributed by atoms with van der Waals surface area (Å²) in [5, 5.41) is 16.6. The van der Waals surface area contributed by atoms with Gasteiger partial charge < -0.3 is 10.4 Å². The van der Waals surface area contributed by atoms with Crippen LogP contribution in [-0.4, -0.2) is 25.4 Å². The minimum Gasteiger partial charge on any atom is -0.481 e. The number of hydrogen-bond donors (Lipinski definition) is 3. The summed E-state index contributed by atoms with van der Waals surface area (Å²) in [6.45, 7) is 0. The van der Waals surface area contributed by atoms with Crippen LogP contribution in [0.25, 0.3) is 0 Å². The van der Waals surface area contributed by atoms with Crippen molar-refractivity contribution >= 4 is 27.6 Å². The average molecular weight is 354 g/mol. The van der Waals surface area contributed by atoms with Crippen LogP contribution in [0.3, 0.4) is 0 Å². The maximum atomic E-state index is 14.0. The first-order chi connectivity index (χ1) is 11.2. The minimum absolute atomic E-state index is 0.192. The summed E-state index contributed by atoms with van der Waals surface area (Å²) in [7, 11) is -4.05. The van der Waals surface area contributed by atoms with Crippen LogP contribution < -0.4 is 10.5 Å². The van der Waals surface area contributed by atoms with Gasteiger partial charge in [0.15, 0.2) is 0 Å². The van der Waals surface area contributed by atoms with E-state index in [0.717, 1.165) is 12.1 Å². The first kappa shape index (κ1) is 16.6. The molecule has 1 fully saturated rings. The SMILES string of the molecule is NS(=O)(=O)c1ccc(NC(=O)[C@H]2[C@@H](C(=O)O)[C@H]3C=C[C@@H]2C3)c(F)c1. The van der Waals surface area contributed by atoms with Crippen molar-refractivity contribution in [3.63, 3.8) is 0 Å². The number of amides is 1. The van der Waals surface area contributed by atoms with Gasteiger partial charge >= 0.3 is 5.97 Å². The van der Waals surface area contributed by atoms with Crippen molar-refractivity contribution in [2.24, 2.45) is 28.8 Å². The first-order valence-corrected chi connectivity index (χ1v) is 8.77. The third kappa shape index (κ3) is 2.80. The van der Waals surface area contributed by atoms with Crippen LogP contribution in [-0.2, 0) is 19.6 Å². The zero-order valence-corrected chi connectivity index (χ0v) is 13.2. The molecule has 3 rings (SSSR count). The second kappa shape index (κ2) is 5.67. The summed E-state index contributed by atoms with van der Waals surface area (Å²) in [4.78, 5) is 23.4. The maximum absolute atomic E-state index is 14.0. The molecule has 1 aromatic carbocycles. The van der Waals surface area contributed by atoms with Crippen LogP contribution in [0.4, 0.5) is 10.1 Å². The smallest absolute Gasteiger partial charge is 0.307 e. The fraction of sp³-hybridized carbons (Fsp3) is 0.333. The number of primary sulfonamides is 1. The lowest BCUT2D eigenvalue weighted by Gasteiger charge is -2.24. The van der Waals surface area contributed by atoms with Crippen molar-refractivity contribution < 1.29 is 27.5 Å². The van der Waals surface area contributed by atoms with Crippen LogP contribution in [0.2, 0.25) is 0 Å². The van der Waals surface area contributed by atoms with E-state index in [1.807, 2.05) is 6.08 Å². The Balaban J connectivity index is 1.83. The number of benzene rings is 1. The van der Waals surface area contributed by atoms with E-state index in [0.29, 0.717) is 12.5 Å². The third-order valence-corrected chi connectivity index (χ3v) is 5.49. The van der Waals surface area contributed by atoms with Crippen LogP contribution in [0.5, 0.6) is 0 Å². The van der Waals surface area contributed by atoms with Crippen LogP contribution in [0.15, 0.2) is 35.2 Å². The summed E-state index contributed by atoms with van der Waals surface area (Å²) < 4.78 is 36.4. The molecule has 0 radical (unpaired) electrons. The first-order valence-electron chi connectivity index (χ1n) is 7.23. The van der Waals surface area contributed by atoms with Gasteiger partial charge in [-0.15, -0.1) is 0 Å². The number of aliphatic carboxylic acids is 1. The van der Waals surface area contributed by atoms with Gasteiger partial charge in [-0.2, -0.15) is 0 Å². The molecule has 0 heterocycles. The molecule has 1 saturated carbocycles. The summed E-state index contributed by atoms with van der Waals surface area (Å²) in [6, 6.07) is 2.87. The van der Waals surface area contributed by atoms with E-state index in [2.05, 4.69) is 5.32 Å². The van der Waals surface area contributed by atoms with Gasteiger partial charge in [0, 0.05) is 0 Å². The van der Waals surface area contributed by atoms with Crippen molar-refractivity contribution in [1.82, 2.24) is 0 Å². The molecule has 4 N–H and O–H groups in total. The molecule has 2 aliphatic carbocycles. The number of hydrogen-bond acceptors (Lipinski definition) is 4. The molecule has 24 heavy (non-hydrogen) atoms. The van der Waals surface area contributed by atoms with Crippen molar-refractivity contribution in [3.8, 4) is 0 Å². The number of allylic oxidation sites excluding steroid dienone is 2. The van der Waals surface area contributed by atoms with E-state index in [-0.39, 0.29) is 17.5 Å². The number of carbonyl (C=O) groups excluding carboxylic acids is 1. The van der Waals surface area contributed by atoms with Crippen LogP contribution in [0.1, 0.15) is 6.42 Å². The molecule has 0 saturated heterocycles. The van der Waals surface area contributed by atoms with Crippen LogP contribution >= 0.6 is 0 Å². The number of carboxylic acid groups (broad SMARTS) is 1. The molecule has 1 aromatic rings. The van der Waals surface area contributed by atoms with Gasteiger partial charge in [-0.3, -0.25) is 9.59 Å². The molecule has 1 amide bonds. The largest absolute Gasteiger partial charge is 0.481 e. The Bertz CT molecular complexity index is 851. The normalized spacial score (nSPS) is 28.1. The summed E-state index contributed by atoms with van der Waals surface area (Å²) >= 11 is 0. The molecule has 9 heteroatoms. The molecule has 4 atom stereocenters. The standard InChI is InChI=1S/C15H15FN2O5S/c16-10-6-9(24(17,22)23)3-4-11(10)18-14(19)12-7-1-2-8(5-7)13(12)15(20)21/h1-4,6-8,12-13H,5H2,(H,18,19)(H,20,21)(H2,17,22,23)/t7-,8+,12-,13+/m1/s1. The van der Waals surface area contributed by atoms with Gasteiger partial charge in [-0.1, -0.05) is 12.2 Å². The van der Waals surface area contributed by atoms with Crippen molar-refractivity contribution in [2.75, 3.05) is 5.32 Å². The molecule has 7 nitrogen and oxygen atoms in total. The van der Waals surface area contributed by atoms with Crippen LogP contribution in [0, 0.1) is 29.5 Å². The maximum Gasteiger partial charge on any atom is 0.307 e. The number of anilines is 1. The topological polar surface area (TPSA) is 127 Å². The lowest BCUT2D eigenvalue weighted by molar-refractivity contribution is -0.146. The Kier molecular flexibility index (Phi) is 3.92. The monoisotopic (exact) mass is 354 g/mol. The number of fused-ring (bicyclic) bond motifs is 2. The van der Waals surface area contributed by atoms with Gasteiger partial charge in [0.05, 0.1) is 22.4 Å². The molecule has 2 aliphatic rings. The highest BCUT2D eigenvalue weighted by Crippen LogP contribution is 2.48. The Morgan fingerprint density at radius 2 is 1.83 bits per heavy atom. The molecule has 2 bridgehead atoms. The molecular weight excluding hydrogens is 339 g/mol. The van der Waals surface area contributed by atoms with Gasteiger partial charge in [0.2, 0.25) is 15.9 Å². The number of rotatable bonds is 4. The molecule has 0 aliphatic heterocycles. The zero-order chi connectivity index (χ0) is 17.6. The molecule has 128 valence electrons. The summed E-state index contributed by atoms with van der Waals surface area (Å²) in [6.07, 6.45) is 4.20. The van der Waals surface area contributed by atoms with Gasteiger partial charge in [-0.05, 0) is 36.5 Å². The fourth-order valence-corrected chi connectivity index (χ4v) is 4.03. The van der Waals surface area contributed by atoms with Crippen molar-refractivity contribution in [1.29, 1.82) is 0 Å². The van der Waals surface area contributed by atoms with Gasteiger partial charge in [-0.25, -0.2) is 17.9 Å². The van der Waals surface area contributed by atoms with Gasteiger partial charge in [0.25, 0.3) is 0 Å². The number of nitrogens with two attached hydrogens (primary N) is 1. The second-order valence-corrected chi connectivity index (χ2v) is 7.58. The number of halogens is 1. The molecule has 0 spiro atoms. The average Bonchev–Trinajstić information content (AvgIpc) is 3.08. The van der Waals surface area contributed by atoms with E-state index in [4.69, 9.17) is 5.14 Å². The fourth-order valence-electron chi connectivity index (χ4n) is 3.51. The molecule has 0 aromatic heterocycles. The predicted molar refractivity (Wildman–Crippen MR) is 81.8 cm³/mol. The highest BCUT2D eigenvalue weighted by molar-refractivity contribution is 7.89. The number of sulfonamides is 1. The number of carboxylic acids is 1. The lowest BCUT2D eigenvalue weighted by Crippen LogP contribution is -2.36. The molecular formula is C15H15FN2O5S. The highest BCUT2D eigenvalue weighted by atomic mass is 32.2. The van der Waals surface area contributed by atoms with Gasteiger partial charge in [0.1, 0.15) is 5.82 Å². The third-order valence-electron chi connectivity index (χ3n) is 4.57. The van der Waals surface area contributed by atoms with E-state index >= 15 is 0 Å². The van der Waals surface area contributed by atoms with Crippen molar-refractivity contribution in [2.45, 2.75) is 11.3 Å².